The Bertz CT molecular complexity index is 1100. The van der Waals surface area contributed by atoms with Crippen LogP contribution in [0, 0.1) is 0 Å². The second-order valence-electron chi connectivity index (χ2n) is 7.82. The van der Waals surface area contributed by atoms with E-state index in [1.807, 2.05) is 35.4 Å². The number of aromatic nitrogens is 7. The number of hydrogen-bond acceptors (Lipinski definition) is 7. The molecule has 1 aromatic carbocycles. The maximum Gasteiger partial charge on any atom is 0.174 e. The number of pyridine rings is 1. The molecule has 0 saturated carbocycles. The SMILES string of the molecule is c1ccc2nc(C(NCCCn3ccnc3)c3nnnn3C[C@@H]3CCCO3)ccc2c1. The molecule has 0 aliphatic carbocycles. The summed E-state index contributed by atoms with van der Waals surface area (Å²) in [6.07, 6.45) is 8.85. The summed E-state index contributed by atoms with van der Waals surface area (Å²) in [5.74, 6) is 0.765. The van der Waals surface area contributed by atoms with Gasteiger partial charge in [-0.05, 0) is 48.4 Å². The van der Waals surface area contributed by atoms with E-state index in [0.717, 1.165) is 61.4 Å². The third-order valence-electron chi connectivity index (χ3n) is 5.63. The van der Waals surface area contributed by atoms with Crippen molar-refractivity contribution in [2.24, 2.45) is 0 Å². The van der Waals surface area contributed by atoms with Gasteiger partial charge >= 0.3 is 0 Å². The maximum absolute atomic E-state index is 5.80. The molecule has 4 aromatic rings. The minimum atomic E-state index is -0.205. The van der Waals surface area contributed by atoms with E-state index in [-0.39, 0.29) is 12.1 Å². The molecule has 9 heteroatoms. The van der Waals surface area contributed by atoms with Crippen molar-refractivity contribution >= 4 is 10.9 Å². The number of benzene rings is 1. The van der Waals surface area contributed by atoms with Gasteiger partial charge in [-0.25, -0.2) is 9.67 Å². The Morgan fingerprint density at radius 1 is 1.19 bits per heavy atom. The highest BCUT2D eigenvalue weighted by Crippen LogP contribution is 2.23. The summed E-state index contributed by atoms with van der Waals surface area (Å²) in [6.45, 7) is 3.16. The van der Waals surface area contributed by atoms with E-state index in [0.29, 0.717) is 6.54 Å². The van der Waals surface area contributed by atoms with Crippen LogP contribution in [0.5, 0.6) is 0 Å². The van der Waals surface area contributed by atoms with Crippen LogP contribution in [-0.4, -0.2) is 54.0 Å². The first-order valence-electron chi connectivity index (χ1n) is 10.8. The molecular weight excluding hydrogens is 392 g/mol. The fourth-order valence-electron chi connectivity index (χ4n) is 4.03. The van der Waals surface area contributed by atoms with Crippen LogP contribution in [0.2, 0.25) is 0 Å². The summed E-state index contributed by atoms with van der Waals surface area (Å²) in [7, 11) is 0. The number of ether oxygens (including phenoxy) is 1. The zero-order valence-electron chi connectivity index (χ0n) is 17.3. The van der Waals surface area contributed by atoms with Crippen LogP contribution in [0.3, 0.4) is 0 Å². The zero-order chi connectivity index (χ0) is 20.9. The number of nitrogens with one attached hydrogen (secondary N) is 1. The van der Waals surface area contributed by atoms with Gasteiger partial charge in [0.2, 0.25) is 0 Å². The lowest BCUT2D eigenvalue weighted by atomic mass is 10.1. The predicted molar refractivity (Wildman–Crippen MR) is 115 cm³/mol. The van der Waals surface area contributed by atoms with Gasteiger partial charge in [-0.2, -0.15) is 0 Å². The maximum atomic E-state index is 5.80. The summed E-state index contributed by atoms with van der Waals surface area (Å²) in [5, 5.41) is 17.3. The molecule has 1 aliphatic rings. The number of para-hydroxylation sites is 1. The molecule has 1 saturated heterocycles. The summed E-state index contributed by atoms with van der Waals surface area (Å²) in [5.41, 5.74) is 1.87. The van der Waals surface area contributed by atoms with Crippen LogP contribution in [0.1, 0.15) is 36.8 Å². The lowest BCUT2D eigenvalue weighted by Gasteiger charge is -2.19. The number of hydrogen-bond donors (Lipinski definition) is 1. The highest BCUT2D eigenvalue weighted by atomic mass is 16.5. The highest BCUT2D eigenvalue weighted by molar-refractivity contribution is 5.78. The van der Waals surface area contributed by atoms with Gasteiger partial charge in [0, 0.05) is 30.9 Å². The van der Waals surface area contributed by atoms with Crippen LogP contribution in [-0.2, 0) is 17.8 Å². The van der Waals surface area contributed by atoms with Gasteiger partial charge < -0.3 is 14.6 Å². The fraction of sp³-hybridized carbons (Fsp3) is 0.409. The van der Waals surface area contributed by atoms with Crippen LogP contribution in [0.15, 0.2) is 55.1 Å². The Balaban J connectivity index is 1.38. The van der Waals surface area contributed by atoms with Crippen molar-refractivity contribution < 1.29 is 4.74 Å². The van der Waals surface area contributed by atoms with E-state index in [1.165, 1.54) is 0 Å². The molecule has 9 nitrogen and oxygen atoms in total. The molecule has 4 heterocycles. The van der Waals surface area contributed by atoms with Crippen LogP contribution >= 0.6 is 0 Å². The van der Waals surface area contributed by atoms with Crippen LogP contribution in [0.25, 0.3) is 10.9 Å². The lowest BCUT2D eigenvalue weighted by molar-refractivity contribution is 0.0923. The minimum absolute atomic E-state index is 0.161. The van der Waals surface area contributed by atoms with Gasteiger partial charge in [-0.3, -0.25) is 4.98 Å². The normalized spacial score (nSPS) is 17.4. The summed E-state index contributed by atoms with van der Waals surface area (Å²) >= 11 is 0. The minimum Gasteiger partial charge on any atom is -0.376 e. The molecular formula is C22H26N8O. The first-order valence-corrected chi connectivity index (χ1v) is 10.8. The smallest absolute Gasteiger partial charge is 0.174 e. The average molecular weight is 419 g/mol. The standard InChI is InChI=1S/C22H26N8O/c1-2-7-19-17(5-1)8-9-20(25-19)21(24-10-4-12-29-13-11-23-16-29)22-26-27-28-30(22)15-18-6-3-14-31-18/h1-2,5,7-9,11,13,16,18,21,24H,3-4,6,10,12,14-15H2/t18-,21?/m0/s1. The van der Waals surface area contributed by atoms with Gasteiger partial charge in [-0.1, -0.05) is 24.3 Å². The predicted octanol–water partition coefficient (Wildman–Crippen LogP) is 2.37. The fourth-order valence-corrected chi connectivity index (χ4v) is 4.03. The molecule has 1 unspecified atom stereocenters. The Kier molecular flexibility index (Phi) is 5.94. The number of nitrogens with zero attached hydrogens (tertiary/aromatic N) is 7. The van der Waals surface area contributed by atoms with Gasteiger partial charge in [-0.15, -0.1) is 5.10 Å². The Labute approximate surface area is 180 Å². The van der Waals surface area contributed by atoms with Gasteiger partial charge in [0.1, 0.15) is 6.04 Å². The molecule has 1 aliphatic heterocycles. The Morgan fingerprint density at radius 3 is 3.03 bits per heavy atom. The molecule has 5 rings (SSSR count). The van der Waals surface area contributed by atoms with Crippen molar-refractivity contribution in [1.29, 1.82) is 0 Å². The van der Waals surface area contributed by atoms with Gasteiger partial charge in [0.05, 0.1) is 30.2 Å². The number of imidazole rings is 1. The summed E-state index contributed by atoms with van der Waals surface area (Å²) < 4.78 is 9.74. The second kappa shape index (κ2) is 9.32. The Morgan fingerprint density at radius 2 is 2.16 bits per heavy atom. The molecule has 2 atom stereocenters. The van der Waals surface area contributed by atoms with E-state index in [2.05, 4.69) is 48.6 Å². The van der Waals surface area contributed by atoms with Crippen LogP contribution in [0.4, 0.5) is 0 Å². The van der Waals surface area contributed by atoms with E-state index in [4.69, 9.17) is 9.72 Å². The molecule has 0 bridgehead atoms. The van der Waals surface area contributed by atoms with E-state index >= 15 is 0 Å². The van der Waals surface area contributed by atoms with E-state index in [1.54, 1.807) is 6.20 Å². The number of rotatable bonds is 9. The molecule has 160 valence electrons. The van der Waals surface area contributed by atoms with Crippen molar-refractivity contribution in [3.05, 3.63) is 66.6 Å². The third kappa shape index (κ3) is 4.62. The first kappa shape index (κ1) is 19.8. The second-order valence-corrected chi connectivity index (χ2v) is 7.82. The van der Waals surface area contributed by atoms with Gasteiger partial charge in [0.15, 0.2) is 5.82 Å². The molecule has 3 aromatic heterocycles. The van der Waals surface area contributed by atoms with Crippen molar-refractivity contribution in [3.63, 3.8) is 0 Å². The van der Waals surface area contributed by atoms with E-state index < -0.39 is 0 Å². The highest BCUT2D eigenvalue weighted by Gasteiger charge is 2.25. The topological polar surface area (TPSA) is 95.6 Å². The molecule has 1 fully saturated rings. The van der Waals surface area contributed by atoms with Crippen molar-refractivity contribution in [3.8, 4) is 0 Å². The lowest BCUT2D eigenvalue weighted by Crippen LogP contribution is -2.29. The van der Waals surface area contributed by atoms with Crippen molar-refractivity contribution in [1.82, 2.24) is 40.1 Å². The quantitative estimate of drug-likeness (QED) is 0.417. The first-order chi connectivity index (χ1) is 15.4. The molecule has 0 spiro atoms. The average Bonchev–Trinajstić information content (AvgIpc) is 3.58. The summed E-state index contributed by atoms with van der Waals surface area (Å²) in [6, 6.07) is 12.1. The number of tetrazole rings is 1. The van der Waals surface area contributed by atoms with Gasteiger partial charge in [0.25, 0.3) is 0 Å². The third-order valence-corrected chi connectivity index (χ3v) is 5.63. The van der Waals surface area contributed by atoms with E-state index in [9.17, 15) is 0 Å². The Hall–Kier alpha value is -3.17. The number of aryl methyl sites for hydroxylation is 1. The van der Waals surface area contributed by atoms with Crippen LogP contribution < -0.4 is 5.32 Å². The monoisotopic (exact) mass is 418 g/mol. The number of fused-ring (bicyclic) bond motifs is 1. The zero-order valence-corrected chi connectivity index (χ0v) is 17.3. The van der Waals surface area contributed by atoms with Crippen molar-refractivity contribution in [2.45, 2.75) is 44.5 Å². The molecule has 1 N–H and O–H groups in total. The molecule has 31 heavy (non-hydrogen) atoms. The van der Waals surface area contributed by atoms with Crippen molar-refractivity contribution in [2.75, 3.05) is 13.2 Å². The molecule has 0 radical (unpaired) electrons. The summed E-state index contributed by atoms with van der Waals surface area (Å²) in [4.78, 5) is 9.02. The molecule has 0 amide bonds. The largest absolute Gasteiger partial charge is 0.376 e.